The highest BCUT2D eigenvalue weighted by Gasteiger charge is 2.11. The quantitative estimate of drug-likeness (QED) is 0.857. The zero-order chi connectivity index (χ0) is 13.7. The van der Waals surface area contributed by atoms with Crippen molar-refractivity contribution in [2.24, 2.45) is 5.92 Å². The maximum Gasteiger partial charge on any atom is 0.224 e. The maximum absolute atomic E-state index is 11.9. The summed E-state index contributed by atoms with van der Waals surface area (Å²) in [6, 6.07) is 9.95. The van der Waals surface area contributed by atoms with E-state index in [1.54, 1.807) is 6.20 Å². The van der Waals surface area contributed by atoms with Crippen LogP contribution in [0.1, 0.15) is 12.5 Å². The molecule has 1 aromatic heterocycles. The van der Waals surface area contributed by atoms with Crippen molar-refractivity contribution < 1.29 is 4.79 Å². The molecule has 0 saturated carbocycles. The van der Waals surface area contributed by atoms with Crippen LogP contribution in [0.25, 0.3) is 10.9 Å². The van der Waals surface area contributed by atoms with Gasteiger partial charge in [-0.25, -0.2) is 0 Å². The second-order valence-corrected chi connectivity index (χ2v) is 4.67. The van der Waals surface area contributed by atoms with Gasteiger partial charge in [0, 0.05) is 30.6 Å². The summed E-state index contributed by atoms with van der Waals surface area (Å²) in [6.45, 7) is 3.11. The third-order valence-corrected chi connectivity index (χ3v) is 3.13. The Morgan fingerprint density at radius 1 is 1.32 bits per heavy atom. The van der Waals surface area contributed by atoms with Gasteiger partial charge in [-0.1, -0.05) is 31.2 Å². The number of para-hydroxylation sites is 1. The minimum atomic E-state index is -0.0343. The number of fused-ring (bicyclic) bond motifs is 1. The molecule has 1 atom stereocenters. The molecule has 0 radical (unpaired) electrons. The van der Waals surface area contributed by atoms with E-state index in [2.05, 4.69) is 15.6 Å². The van der Waals surface area contributed by atoms with E-state index in [1.807, 2.05) is 44.3 Å². The molecule has 2 N–H and O–H groups in total. The number of amides is 1. The van der Waals surface area contributed by atoms with Gasteiger partial charge < -0.3 is 10.6 Å². The number of aromatic nitrogens is 1. The first kappa shape index (κ1) is 13.5. The summed E-state index contributed by atoms with van der Waals surface area (Å²) in [5.74, 6) is 0.0234. The van der Waals surface area contributed by atoms with Crippen molar-refractivity contribution in [3.8, 4) is 0 Å². The lowest BCUT2D eigenvalue weighted by Crippen LogP contribution is -2.33. The van der Waals surface area contributed by atoms with Crippen molar-refractivity contribution in [2.75, 3.05) is 13.6 Å². The van der Waals surface area contributed by atoms with E-state index < -0.39 is 0 Å². The van der Waals surface area contributed by atoms with E-state index in [9.17, 15) is 4.79 Å². The van der Waals surface area contributed by atoms with E-state index in [0.717, 1.165) is 16.5 Å². The fraction of sp³-hybridized carbons (Fsp3) is 0.333. The molecule has 0 saturated heterocycles. The fourth-order valence-corrected chi connectivity index (χ4v) is 2.07. The molecule has 2 aromatic rings. The highest BCUT2D eigenvalue weighted by molar-refractivity contribution is 5.83. The van der Waals surface area contributed by atoms with Crippen LogP contribution < -0.4 is 10.6 Å². The molecule has 1 amide bonds. The number of hydrogen-bond donors (Lipinski definition) is 2. The molecular weight excluding hydrogens is 238 g/mol. The Balaban J connectivity index is 2.08. The SMILES string of the molecule is CNCC(C)C(=O)NCc1cccc2cccnc12. The highest BCUT2D eigenvalue weighted by atomic mass is 16.1. The normalized spacial score (nSPS) is 12.3. The van der Waals surface area contributed by atoms with Crippen LogP contribution in [0.15, 0.2) is 36.5 Å². The fourth-order valence-electron chi connectivity index (χ4n) is 2.07. The number of carbonyl (C=O) groups is 1. The molecule has 1 heterocycles. The first-order valence-electron chi connectivity index (χ1n) is 6.47. The minimum Gasteiger partial charge on any atom is -0.352 e. The molecule has 19 heavy (non-hydrogen) atoms. The topological polar surface area (TPSA) is 54.0 Å². The van der Waals surface area contributed by atoms with Gasteiger partial charge in [0.2, 0.25) is 5.91 Å². The summed E-state index contributed by atoms with van der Waals surface area (Å²) >= 11 is 0. The predicted molar refractivity (Wildman–Crippen MR) is 76.7 cm³/mol. The summed E-state index contributed by atoms with van der Waals surface area (Å²) < 4.78 is 0. The van der Waals surface area contributed by atoms with Crippen LogP contribution in [0.4, 0.5) is 0 Å². The lowest BCUT2D eigenvalue weighted by atomic mass is 10.1. The Hall–Kier alpha value is -1.94. The molecule has 100 valence electrons. The number of nitrogens with one attached hydrogen (secondary N) is 2. The van der Waals surface area contributed by atoms with Gasteiger partial charge in [0.05, 0.1) is 5.52 Å². The van der Waals surface area contributed by atoms with Crippen LogP contribution >= 0.6 is 0 Å². The third kappa shape index (κ3) is 3.29. The molecule has 4 heteroatoms. The Labute approximate surface area is 113 Å². The first-order chi connectivity index (χ1) is 9.22. The number of carbonyl (C=O) groups excluding carboxylic acids is 1. The molecule has 2 rings (SSSR count). The van der Waals surface area contributed by atoms with Gasteiger partial charge in [-0.2, -0.15) is 0 Å². The predicted octanol–water partition coefficient (Wildman–Crippen LogP) is 1.71. The van der Waals surface area contributed by atoms with Gasteiger partial charge >= 0.3 is 0 Å². The summed E-state index contributed by atoms with van der Waals surface area (Å²) in [5, 5.41) is 7.05. The number of benzene rings is 1. The Kier molecular flexibility index (Phi) is 4.47. The van der Waals surface area contributed by atoms with Crippen LogP contribution in [0, 0.1) is 5.92 Å². The molecule has 1 aromatic carbocycles. The average Bonchev–Trinajstić information content (AvgIpc) is 2.45. The standard InChI is InChI=1S/C15H19N3O/c1-11(9-16-2)15(19)18-10-13-6-3-5-12-7-4-8-17-14(12)13/h3-8,11,16H,9-10H2,1-2H3,(H,18,19). The summed E-state index contributed by atoms with van der Waals surface area (Å²) in [5.41, 5.74) is 2.00. The Morgan fingerprint density at radius 3 is 2.89 bits per heavy atom. The second kappa shape index (κ2) is 6.29. The van der Waals surface area contributed by atoms with E-state index in [1.165, 1.54) is 0 Å². The summed E-state index contributed by atoms with van der Waals surface area (Å²) in [6.07, 6.45) is 1.78. The van der Waals surface area contributed by atoms with E-state index in [0.29, 0.717) is 13.1 Å². The van der Waals surface area contributed by atoms with Gasteiger partial charge in [0.15, 0.2) is 0 Å². The molecule has 0 bridgehead atoms. The van der Waals surface area contributed by atoms with E-state index in [-0.39, 0.29) is 11.8 Å². The van der Waals surface area contributed by atoms with Crippen LogP contribution in [-0.4, -0.2) is 24.5 Å². The average molecular weight is 257 g/mol. The van der Waals surface area contributed by atoms with Crippen molar-refractivity contribution >= 4 is 16.8 Å². The smallest absolute Gasteiger partial charge is 0.224 e. The first-order valence-corrected chi connectivity index (χ1v) is 6.47. The highest BCUT2D eigenvalue weighted by Crippen LogP contribution is 2.15. The molecule has 0 spiro atoms. The van der Waals surface area contributed by atoms with Gasteiger partial charge in [0.25, 0.3) is 0 Å². The largest absolute Gasteiger partial charge is 0.352 e. The van der Waals surface area contributed by atoms with E-state index in [4.69, 9.17) is 0 Å². The zero-order valence-electron chi connectivity index (χ0n) is 11.3. The van der Waals surface area contributed by atoms with Gasteiger partial charge in [-0.15, -0.1) is 0 Å². The van der Waals surface area contributed by atoms with Crippen molar-refractivity contribution in [3.63, 3.8) is 0 Å². The number of hydrogen-bond acceptors (Lipinski definition) is 3. The van der Waals surface area contributed by atoms with Crippen LogP contribution in [0.5, 0.6) is 0 Å². The molecule has 0 aliphatic carbocycles. The molecule has 4 nitrogen and oxygen atoms in total. The molecule has 0 aliphatic heterocycles. The van der Waals surface area contributed by atoms with Crippen LogP contribution in [0.3, 0.4) is 0 Å². The van der Waals surface area contributed by atoms with Crippen molar-refractivity contribution in [1.82, 2.24) is 15.6 Å². The monoisotopic (exact) mass is 257 g/mol. The summed E-state index contributed by atoms with van der Waals surface area (Å²) in [4.78, 5) is 16.2. The lowest BCUT2D eigenvalue weighted by Gasteiger charge is -2.12. The van der Waals surface area contributed by atoms with Gasteiger partial charge in [-0.05, 0) is 18.7 Å². The van der Waals surface area contributed by atoms with Gasteiger partial charge in [0.1, 0.15) is 0 Å². The molecular formula is C15H19N3O. The van der Waals surface area contributed by atoms with Gasteiger partial charge in [-0.3, -0.25) is 9.78 Å². The Morgan fingerprint density at radius 2 is 2.11 bits per heavy atom. The lowest BCUT2D eigenvalue weighted by molar-refractivity contribution is -0.124. The Bertz CT molecular complexity index is 563. The third-order valence-electron chi connectivity index (χ3n) is 3.13. The maximum atomic E-state index is 11.9. The van der Waals surface area contributed by atoms with E-state index >= 15 is 0 Å². The molecule has 0 fully saturated rings. The second-order valence-electron chi connectivity index (χ2n) is 4.67. The summed E-state index contributed by atoms with van der Waals surface area (Å²) in [7, 11) is 1.85. The van der Waals surface area contributed by atoms with Crippen LogP contribution in [-0.2, 0) is 11.3 Å². The number of rotatable bonds is 5. The number of nitrogens with zero attached hydrogens (tertiary/aromatic N) is 1. The number of pyridine rings is 1. The van der Waals surface area contributed by atoms with Crippen molar-refractivity contribution in [3.05, 3.63) is 42.1 Å². The van der Waals surface area contributed by atoms with Crippen molar-refractivity contribution in [2.45, 2.75) is 13.5 Å². The zero-order valence-corrected chi connectivity index (χ0v) is 11.3. The minimum absolute atomic E-state index is 0.0343. The molecule has 0 aliphatic rings. The van der Waals surface area contributed by atoms with Crippen LogP contribution in [0.2, 0.25) is 0 Å². The van der Waals surface area contributed by atoms with Crippen molar-refractivity contribution in [1.29, 1.82) is 0 Å². The molecule has 1 unspecified atom stereocenters.